The van der Waals surface area contributed by atoms with Crippen molar-refractivity contribution in [1.29, 1.82) is 0 Å². The van der Waals surface area contributed by atoms with Crippen LogP contribution in [0.1, 0.15) is 40.0 Å². The fraction of sp³-hybridized carbons (Fsp3) is 1.00. The smallest absolute Gasteiger partial charge is 0.0596 e. The lowest BCUT2D eigenvalue weighted by atomic mass is 10.2. The predicted octanol–water partition coefficient (Wildman–Crippen LogP) is 1.88. The molecule has 0 bridgehead atoms. The molecule has 96 valence electrons. The van der Waals surface area contributed by atoms with Crippen molar-refractivity contribution in [3.8, 4) is 0 Å². The Morgan fingerprint density at radius 3 is 2.75 bits per heavy atom. The minimum Gasteiger partial charge on any atom is -0.377 e. The Morgan fingerprint density at radius 2 is 2.19 bits per heavy atom. The molecule has 0 amide bonds. The van der Waals surface area contributed by atoms with E-state index >= 15 is 0 Å². The van der Waals surface area contributed by atoms with E-state index in [-0.39, 0.29) is 0 Å². The maximum atomic E-state index is 5.62. The molecule has 16 heavy (non-hydrogen) atoms. The highest BCUT2D eigenvalue weighted by Crippen LogP contribution is 2.07. The molecule has 0 aliphatic carbocycles. The normalized spacial score (nSPS) is 21.2. The van der Waals surface area contributed by atoms with E-state index in [0.29, 0.717) is 12.1 Å². The highest BCUT2D eigenvalue weighted by Gasteiger charge is 2.17. The standard InChI is InChI=1S/C13H28N2O/c1-4-8-15(9-10-16-12(2)3)11-13-6-5-7-14-13/h12-14H,4-11H2,1-3H3. The molecule has 0 spiro atoms. The summed E-state index contributed by atoms with van der Waals surface area (Å²) in [6.07, 6.45) is 4.26. The summed E-state index contributed by atoms with van der Waals surface area (Å²) in [7, 11) is 0. The zero-order chi connectivity index (χ0) is 11.8. The molecule has 1 fully saturated rings. The molecule has 1 unspecified atom stereocenters. The van der Waals surface area contributed by atoms with Crippen molar-refractivity contribution in [2.45, 2.75) is 52.2 Å². The summed E-state index contributed by atoms with van der Waals surface area (Å²) in [5.74, 6) is 0. The summed E-state index contributed by atoms with van der Waals surface area (Å²) in [5.41, 5.74) is 0. The monoisotopic (exact) mass is 228 g/mol. The molecule has 0 radical (unpaired) electrons. The molecular formula is C13H28N2O. The number of nitrogens with zero attached hydrogens (tertiary/aromatic N) is 1. The number of hydrogen-bond donors (Lipinski definition) is 1. The fourth-order valence-corrected chi connectivity index (χ4v) is 2.25. The lowest BCUT2D eigenvalue weighted by Gasteiger charge is -2.25. The molecule has 1 saturated heterocycles. The molecule has 0 aromatic heterocycles. The molecule has 1 heterocycles. The Balaban J connectivity index is 2.17. The Labute approximate surface area is 101 Å². The predicted molar refractivity (Wildman–Crippen MR) is 68.8 cm³/mol. The zero-order valence-electron chi connectivity index (χ0n) is 11.2. The molecule has 0 saturated carbocycles. The Kier molecular flexibility index (Phi) is 7.01. The third kappa shape index (κ3) is 5.83. The molecule has 1 rings (SSSR count). The topological polar surface area (TPSA) is 24.5 Å². The van der Waals surface area contributed by atoms with Crippen molar-refractivity contribution >= 4 is 0 Å². The van der Waals surface area contributed by atoms with Crippen LogP contribution in [0.5, 0.6) is 0 Å². The lowest BCUT2D eigenvalue weighted by molar-refractivity contribution is 0.0574. The second kappa shape index (κ2) is 8.04. The first-order valence-electron chi connectivity index (χ1n) is 6.79. The van der Waals surface area contributed by atoms with Gasteiger partial charge in [0.05, 0.1) is 12.7 Å². The van der Waals surface area contributed by atoms with Gasteiger partial charge >= 0.3 is 0 Å². The number of hydrogen-bond acceptors (Lipinski definition) is 3. The van der Waals surface area contributed by atoms with E-state index in [9.17, 15) is 0 Å². The minimum absolute atomic E-state index is 0.355. The van der Waals surface area contributed by atoms with Crippen LogP contribution >= 0.6 is 0 Å². The van der Waals surface area contributed by atoms with E-state index in [4.69, 9.17) is 4.74 Å². The number of ether oxygens (including phenoxy) is 1. The van der Waals surface area contributed by atoms with Crippen LogP contribution in [0.25, 0.3) is 0 Å². The van der Waals surface area contributed by atoms with Crippen LogP contribution in [-0.4, -0.2) is 49.8 Å². The molecule has 0 aromatic carbocycles. The van der Waals surface area contributed by atoms with Gasteiger partial charge in [0.2, 0.25) is 0 Å². The van der Waals surface area contributed by atoms with Crippen molar-refractivity contribution in [3.63, 3.8) is 0 Å². The lowest BCUT2D eigenvalue weighted by Crippen LogP contribution is -2.39. The third-order valence-electron chi connectivity index (χ3n) is 3.04. The van der Waals surface area contributed by atoms with Crippen LogP contribution in [0.4, 0.5) is 0 Å². The van der Waals surface area contributed by atoms with Crippen LogP contribution in [-0.2, 0) is 4.74 Å². The van der Waals surface area contributed by atoms with Crippen molar-refractivity contribution in [3.05, 3.63) is 0 Å². The van der Waals surface area contributed by atoms with Gasteiger partial charge in [-0.2, -0.15) is 0 Å². The van der Waals surface area contributed by atoms with E-state index in [1.165, 1.54) is 38.9 Å². The van der Waals surface area contributed by atoms with Gasteiger partial charge in [0.25, 0.3) is 0 Å². The van der Waals surface area contributed by atoms with Crippen LogP contribution in [0.3, 0.4) is 0 Å². The quantitative estimate of drug-likeness (QED) is 0.686. The Bertz CT molecular complexity index is 167. The number of rotatable bonds is 8. The average Bonchev–Trinajstić information content (AvgIpc) is 2.70. The SMILES string of the molecule is CCCN(CCOC(C)C)CC1CCCN1. The Hall–Kier alpha value is -0.120. The zero-order valence-corrected chi connectivity index (χ0v) is 11.2. The largest absolute Gasteiger partial charge is 0.377 e. The van der Waals surface area contributed by atoms with E-state index in [2.05, 4.69) is 31.0 Å². The Morgan fingerprint density at radius 1 is 1.38 bits per heavy atom. The molecule has 1 aliphatic rings. The summed E-state index contributed by atoms with van der Waals surface area (Å²) >= 11 is 0. The van der Waals surface area contributed by atoms with Crippen molar-refractivity contribution in [2.75, 3.05) is 32.8 Å². The minimum atomic E-state index is 0.355. The third-order valence-corrected chi connectivity index (χ3v) is 3.04. The van der Waals surface area contributed by atoms with Crippen LogP contribution in [0.2, 0.25) is 0 Å². The summed E-state index contributed by atoms with van der Waals surface area (Å²) in [5, 5.41) is 3.56. The van der Waals surface area contributed by atoms with Crippen molar-refractivity contribution < 1.29 is 4.74 Å². The molecular weight excluding hydrogens is 200 g/mol. The summed E-state index contributed by atoms with van der Waals surface area (Å²) in [6, 6.07) is 0.714. The highest BCUT2D eigenvalue weighted by atomic mass is 16.5. The molecule has 1 aliphatic heterocycles. The summed E-state index contributed by atoms with van der Waals surface area (Å²) in [4.78, 5) is 2.53. The van der Waals surface area contributed by atoms with Gasteiger partial charge in [-0.15, -0.1) is 0 Å². The first-order valence-corrected chi connectivity index (χ1v) is 6.79. The van der Waals surface area contributed by atoms with E-state index < -0.39 is 0 Å². The molecule has 1 atom stereocenters. The van der Waals surface area contributed by atoms with Gasteiger partial charge in [0.1, 0.15) is 0 Å². The van der Waals surface area contributed by atoms with Gasteiger partial charge in [-0.3, -0.25) is 4.90 Å². The highest BCUT2D eigenvalue weighted by molar-refractivity contribution is 4.77. The molecule has 1 N–H and O–H groups in total. The molecule has 0 aromatic rings. The first-order chi connectivity index (χ1) is 7.72. The van der Waals surface area contributed by atoms with Gasteiger partial charge in [-0.25, -0.2) is 0 Å². The van der Waals surface area contributed by atoms with Gasteiger partial charge in [0.15, 0.2) is 0 Å². The second-order valence-corrected chi connectivity index (χ2v) is 5.01. The summed E-state index contributed by atoms with van der Waals surface area (Å²) in [6.45, 7) is 12.0. The van der Waals surface area contributed by atoms with Crippen molar-refractivity contribution in [2.24, 2.45) is 0 Å². The average molecular weight is 228 g/mol. The van der Waals surface area contributed by atoms with Gasteiger partial charge in [-0.1, -0.05) is 6.92 Å². The summed E-state index contributed by atoms with van der Waals surface area (Å²) < 4.78 is 5.62. The van der Waals surface area contributed by atoms with Crippen molar-refractivity contribution in [1.82, 2.24) is 10.2 Å². The first kappa shape index (κ1) is 13.9. The molecule has 3 heteroatoms. The van der Waals surface area contributed by atoms with Gasteiger partial charge < -0.3 is 10.1 Å². The maximum Gasteiger partial charge on any atom is 0.0596 e. The number of nitrogens with one attached hydrogen (secondary N) is 1. The fourth-order valence-electron chi connectivity index (χ4n) is 2.25. The maximum absolute atomic E-state index is 5.62. The van der Waals surface area contributed by atoms with E-state index in [0.717, 1.165) is 13.2 Å². The second-order valence-electron chi connectivity index (χ2n) is 5.01. The van der Waals surface area contributed by atoms with Gasteiger partial charge in [0, 0.05) is 19.1 Å². The van der Waals surface area contributed by atoms with E-state index in [1.54, 1.807) is 0 Å². The van der Waals surface area contributed by atoms with Crippen LogP contribution in [0.15, 0.2) is 0 Å². The molecule has 3 nitrogen and oxygen atoms in total. The van der Waals surface area contributed by atoms with Crippen LogP contribution in [0, 0.1) is 0 Å². The van der Waals surface area contributed by atoms with Gasteiger partial charge in [-0.05, 0) is 46.2 Å². The van der Waals surface area contributed by atoms with E-state index in [1.807, 2.05) is 0 Å². The van der Waals surface area contributed by atoms with Crippen LogP contribution < -0.4 is 5.32 Å².